The molecule has 0 amide bonds. The zero-order valence-electron chi connectivity index (χ0n) is 9.84. The molecule has 3 aromatic heterocycles. The highest BCUT2D eigenvalue weighted by molar-refractivity contribution is 7.15. The second-order valence-corrected chi connectivity index (χ2v) is 4.90. The third-order valence-electron chi connectivity index (χ3n) is 2.86. The minimum absolute atomic E-state index is 0.777. The minimum atomic E-state index is 0.777. The summed E-state index contributed by atoms with van der Waals surface area (Å²) in [5.74, 6) is 0. The van der Waals surface area contributed by atoms with Gasteiger partial charge in [0.15, 0.2) is 4.96 Å². The van der Waals surface area contributed by atoms with Crippen LogP contribution in [-0.4, -0.2) is 14.1 Å². The fourth-order valence-corrected chi connectivity index (χ4v) is 2.91. The van der Waals surface area contributed by atoms with Gasteiger partial charge < -0.3 is 5.43 Å². The van der Waals surface area contributed by atoms with E-state index < -0.39 is 0 Å². The second-order valence-electron chi connectivity index (χ2n) is 4.06. The number of fused-ring (bicyclic) bond motifs is 1. The molecule has 1 N–H and O–H groups in total. The van der Waals surface area contributed by atoms with Crippen LogP contribution in [0.1, 0.15) is 17.1 Å². The molecule has 0 unspecified atom stereocenters. The number of nitrogens with zero attached hydrogens (tertiary/aromatic N) is 3. The molecule has 0 radical (unpaired) electrons. The highest BCUT2D eigenvalue weighted by Crippen LogP contribution is 2.20. The lowest BCUT2D eigenvalue weighted by molar-refractivity contribution is 0.814. The quantitative estimate of drug-likeness (QED) is 0.770. The Morgan fingerprint density at radius 1 is 1.29 bits per heavy atom. The fourth-order valence-electron chi connectivity index (χ4n) is 1.98. The monoisotopic (exact) mass is 246 g/mol. The molecular formula is C12H14N4S. The largest absolute Gasteiger partial charge is 0.320 e. The number of hydrogen-bond donors (Lipinski definition) is 1. The number of thiazole rings is 1. The van der Waals surface area contributed by atoms with Crippen LogP contribution in [0, 0.1) is 13.8 Å². The summed E-state index contributed by atoms with van der Waals surface area (Å²) in [7, 11) is 0. The van der Waals surface area contributed by atoms with Crippen LogP contribution < -0.4 is 5.43 Å². The predicted molar refractivity (Wildman–Crippen MR) is 70.0 cm³/mol. The van der Waals surface area contributed by atoms with Gasteiger partial charge in [0.1, 0.15) is 0 Å². The average molecular weight is 246 g/mol. The molecule has 17 heavy (non-hydrogen) atoms. The molecule has 0 aliphatic rings. The van der Waals surface area contributed by atoms with Crippen molar-refractivity contribution in [3.8, 4) is 0 Å². The van der Waals surface area contributed by atoms with Gasteiger partial charge in [-0.15, -0.1) is 11.3 Å². The maximum absolute atomic E-state index is 4.57. The Morgan fingerprint density at radius 3 is 2.82 bits per heavy atom. The summed E-state index contributed by atoms with van der Waals surface area (Å²) in [5, 5.41) is 2.14. The topological polar surface area (TPSA) is 34.3 Å². The van der Waals surface area contributed by atoms with Crippen LogP contribution in [0.3, 0.4) is 0 Å². The molecule has 0 bridgehead atoms. The van der Waals surface area contributed by atoms with Gasteiger partial charge >= 0.3 is 0 Å². The summed E-state index contributed by atoms with van der Waals surface area (Å²) < 4.78 is 4.18. The zero-order valence-corrected chi connectivity index (χ0v) is 10.7. The first-order valence-electron chi connectivity index (χ1n) is 5.54. The van der Waals surface area contributed by atoms with Gasteiger partial charge in [-0.3, -0.25) is 9.08 Å². The van der Waals surface area contributed by atoms with Crippen LogP contribution in [0.5, 0.6) is 0 Å². The van der Waals surface area contributed by atoms with Crippen molar-refractivity contribution in [2.45, 2.75) is 20.4 Å². The number of rotatable bonds is 3. The lowest BCUT2D eigenvalue weighted by atomic mass is 10.3. The van der Waals surface area contributed by atoms with Crippen molar-refractivity contribution < 1.29 is 0 Å². The van der Waals surface area contributed by atoms with E-state index in [1.54, 1.807) is 11.3 Å². The van der Waals surface area contributed by atoms with Gasteiger partial charge in [-0.1, -0.05) is 0 Å². The maximum Gasteiger partial charge on any atom is 0.194 e. The Kier molecular flexibility index (Phi) is 2.40. The zero-order chi connectivity index (χ0) is 11.8. The molecule has 88 valence electrons. The number of aromatic nitrogens is 3. The van der Waals surface area contributed by atoms with E-state index in [9.17, 15) is 0 Å². The summed E-state index contributed by atoms with van der Waals surface area (Å²) >= 11 is 1.69. The smallest absolute Gasteiger partial charge is 0.194 e. The highest BCUT2D eigenvalue weighted by Gasteiger charge is 2.11. The third-order valence-corrected chi connectivity index (χ3v) is 3.81. The number of aryl methyl sites for hydroxylation is 2. The van der Waals surface area contributed by atoms with Crippen LogP contribution >= 0.6 is 11.3 Å². The van der Waals surface area contributed by atoms with Crippen LogP contribution in [0.2, 0.25) is 0 Å². The lowest BCUT2D eigenvalue weighted by Crippen LogP contribution is -2.14. The molecule has 3 aromatic rings. The highest BCUT2D eigenvalue weighted by atomic mass is 32.1. The van der Waals surface area contributed by atoms with Crippen molar-refractivity contribution in [1.82, 2.24) is 14.1 Å². The Labute approximate surface area is 104 Å². The van der Waals surface area contributed by atoms with Crippen LogP contribution in [0.15, 0.2) is 29.9 Å². The van der Waals surface area contributed by atoms with E-state index in [0.29, 0.717) is 0 Å². The van der Waals surface area contributed by atoms with E-state index in [0.717, 1.165) is 17.2 Å². The Bertz CT molecular complexity index is 633. The molecule has 0 aromatic carbocycles. The van der Waals surface area contributed by atoms with E-state index in [1.807, 2.05) is 29.2 Å². The number of nitrogens with one attached hydrogen (secondary N) is 1. The minimum Gasteiger partial charge on any atom is -0.320 e. The number of hydrogen-bond acceptors (Lipinski definition) is 3. The summed E-state index contributed by atoms with van der Waals surface area (Å²) in [5.41, 5.74) is 6.91. The second kappa shape index (κ2) is 3.92. The summed E-state index contributed by atoms with van der Waals surface area (Å²) in [6.07, 6.45) is 3.99. The first-order chi connectivity index (χ1) is 8.25. The van der Waals surface area contributed by atoms with Crippen molar-refractivity contribution in [3.63, 3.8) is 0 Å². The summed E-state index contributed by atoms with van der Waals surface area (Å²) in [4.78, 5) is 5.64. The summed E-state index contributed by atoms with van der Waals surface area (Å²) in [6.45, 7) is 4.95. The molecule has 0 saturated carbocycles. The predicted octanol–water partition coefficient (Wildman–Crippen LogP) is 2.56. The van der Waals surface area contributed by atoms with Gasteiger partial charge in [0.25, 0.3) is 0 Å². The van der Waals surface area contributed by atoms with Gasteiger partial charge in [0, 0.05) is 23.5 Å². The van der Waals surface area contributed by atoms with Gasteiger partial charge in [0.05, 0.1) is 17.9 Å². The van der Waals surface area contributed by atoms with Gasteiger partial charge in [-0.05, 0) is 26.0 Å². The lowest BCUT2D eigenvalue weighted by Gasteiger charge is -2.08. The molecule has 0 saturated heterocycles. The molecule has 0 fully saturated rings. The average Bonchev–Trinajstić information content (AvgIpc) is 2.97. The van der Waals surface area contributed by atoms with Gasteiger partial charge in [-0.2, -0.15) is 0 Å². The van der Waals surface area contributed by atoms with Crippen molar-refractivity contribution in [2.24, 2.45) is 0 Å². The van der Waals surface area contributed by atoms with Crippen molar-refractivity contribution >= 4 is 16.3 Å². The molecule has 5 heteroatoms. The number of imidazole rings is 1. The van der Waals surface area contributed by atoms with Crippen LogP contribution in [0.25, 0.3) is 4.96 Å². The van der Waals surface area contributed by atoms with Crippen molar-refractivity contribution in [1.29, 1.82) is 0 Å². The van der Waals surface area contributed by atoms with E-state index in [1.165, 1.54) is 11.4 Å². The van der Waals surface area contributed by atoms with Gasteiger partial charge in [-0.25, -0.2) is 4.98 Å². The Morgan fingerprint density at radius 2 is 2.06 bits per heavy atom. The van der Waals surface area contributed by atoms with Crippen LogP contribution in [-0.2, 0) is 6.54 Å². The Hall–Kier alpha value is -1.75. The van der Waals surface area contributed by atoms with Crippen LogP contribution in [0.4, 0.5) is 0 Å². The summed E-state index contributed by atoms with van der Waals surface area (Å²) in [6, 6.07) is 4.00. The molecule has 0 spiro atoms. The first-order valence-corrected chi connectivity index (χ1v) is 6.42. The molecule has 0 aliphatic heterocycles. The molecule has 4 nitrogen and oxygen atoms in total. The normalized spacial score (nSPS) is 11.2. The molecule has 3 heterocycles. The van der Waals surface area contributed by atoms with Crippen molar-refractivity contribution in [2.75, 3.05) is 5.43 Å². The first kappa shape index (κ1) is 10.4. The SMILES string of the molecule is Cc1nc2scc(C)n2c1CNn1cccc1. The van der Waals surface area contributed by atoms with E-state index >= 15 is 0 Å². The van der Waals surface area contributed by atoms with Crippen molar-refractivity contribution in [3.05, 3.63) is 47.0 Å². The fraction of sp³-hybridized carbons (Fsp3) is 0.250. The molecule has 0 atom stereocenters. The van der Waals surface area contributed by atoms with E-state index in [-0.39, 0.29) is 0 Å². The van der Waals surface area contributed by atoms with E-state index in [2.05, 4.69) is 34.0 Å². The molecule has 3 rings (SSSR count). The molecular weight excluding hydrogens is 232 g/mol. The van der Waals surface area contributed by atoms with E-state index in [4.69, 9.17) is 0 Å². The Balaban J connectivity index is 1.93. The third kappa shape index (κ3) is 1.72. The maximum atomic E-state index is 4.57. The standard InChI is InChI=1S/C12H14N4S/c1-9-8-17-12-14-10(2)11(16(9)12)7-13-15-5-3-4-6-15/h3-6,8,13H,7H2,1-2H3. The molecule has 0 aliphatic carbocycles. The van der Waals surface area contributed by atoms with Gasteiger partial charge in [0.2, 0.25) is 0 Å².